The SMILES string of the molecule is COc1ccc(CCN2C(=O)[C@@H]3[C@@H](C(=O)NCc4cccs4)[C@@]4(C)C=C[C@@]3(O4)[C@@H]2C(=O)NC(C)(C)C)cc1. The van der Waals surface area contributed by atoms with Gasteiger partial charge in [0.2, 0.25) is 17.7 Å². The van der Waals surface area contributed by atoms with Crippen LogP contribution in [-0.2, 0) is 32.1 Å². The molecule has 1 aromatic heterocycles. The number of carbonyl (C=O) groups excluding carboxylic acids is 3. The molecule has 1 aromatic carbocycles. The maximum Gasteiger partial charge on any atom is 0.246 e. The fraction of sp³-hybridized carbons (Fsp3) is 0.483. The van der Waals surface area contributed by atoms with Crippen molar-refractivity contribution < 1.29 is 23.9 Å². The molecule has 2 bridgehead atoms. The number of ether oxygens (including phenoxy) is 2. The average Bonchev–Trinajstić information content (AvgIpc) is 3.60. The molecule has 3 aliphatic rings. The van der Waals surface area contributed by atoms with Crippen molar-refractivity contribution in [2.45, 2.75) is 63.4 Å². The van der Waals surface area contributed by atoms with Crippen molar-refractivity contribution in [1.29, 1.82) is 0 Å². The summed E-state index contributed by atoms with van der Waals surface area (Å²) in [5.41, 5.74) is -1.66. The number of hydrogen-bond donors (Lipinski definition) is 2. The molecule has 0 radical (unpaired) electrons. The molecule has 5 rings (SSSR count). The fourth-order valence-electron chi connectivity index (χ4n) is 6.05. The smallest absolute Gasteiger partial charge is 0.246 e. The van der Waals surface area contributed by atoms with E-state index in [0.29, 0.717) is 19.5 Å². The van der Waals surface area contributed by atoms with E-state index in [1.807, 2.05) is 81.6 Å². The van der Waals surface area contributed by atoms with Crippen LogP contribution in [0.2, 0.25) is 0 Å². The second-order valence-electron chi connectivity index (χ2n) is 11.5. The minimum Gasteiger partial charge on any atom is -0.497 e. The quantitative estimate of drug-likeness (QED) is 0.505. The lowest BCUT2D eigenvalue weighted by molar-refractivity contribution is -0.145. The topological polar surface area (TPSA) is 97.0 Å². The van der Waals surface area contributed by atoms with Gasteiger partial charge in [0.25, 0.3) is 0 Å². The summed E-state index contributed by atoms with van der Waals surface area (Å²) in [6, 6.07) is 10.7. The van der Waals surface area contributed by atoms with Crippen LogP contribution in [0.1, 0.15) is 38.1 Å². The Hall–Kier alpha value is -3.17. The van der Waals surface area contributed by atoms with Crippen molar-refractivity contribution in [3.8, 4) is 5.75 Å². The van der Waals surface area contributed by atoms with Gasteiger partial charge in [-0.15, -0.1) is 11.3 Å². The predicted molar refractivity (Wildman–Crippen MR) is 145 cm³/mol. The molecule has 2 fully saturated rings. The third-order valence-electron chi connectivity index (χ3n) is 7.64. The van der Waals surface area contributed by atoms with Gasteiger partial charge in [0.1, 0.15) is 17.4 Å². The molecule has 9 heteroatoms. The molecule has 2 aromatic rings. The van der Waals surface area contributed by atoms with Crippen LogP contribution in [0.5, 0.6) is 5.75 Å². The van der Waals surface area contributed by atoms with Crippen LogP contribution >= 0.6 is 11.3 Å². The number of amides is 3. The summed E-state index contributed by atoms with van der Waals surface area (Å²) in [5.74, 6) is -1.52. The first-order chi connectivity index (χ1) is 18.0. The highest BCUT2D eigenvalue weighted by Crippen LogP contribution is 2.59. The highest BCUT2D eigenvalue weighted by Gasteiger charge is 2.76. The van der Waals surface area contributed by atoms with Gasteiger partial charge in [0.05, 0.1) is 31.1 Å². The Bertz CT molecular complexity index is 1250. The number of rotatable bonds is 8. The van der Waals surface area contributed by atoms with Gasteiger partial charge in [-0.25, -0.2) is 0 Å². The molecule has 38 heavy (non-hydrogen) atoms. The zero-order valence-electron chi connectivity index (χ0n) is 22.4. The molecular formula is C29H35N3O5S. The zero-order chi connectivity index (χ0) is 27.3. The van der Waals surface area contributed by atoms with E-state index in [4.69, 9.17) is 9.47 Å². The Morgan fingerprint density at radius 1 is 1.13 bits per heavy atom. The van der Waals surface area contributed by atoms with Gasteiger partial charge in [0.15, 0.2) is 0 Å². The lowest BCUT2D eigenvalue weighted by Gasteiger charge is -2.35. The van der Waals surface area contributed by atoms with Crippen LogP contribution < -0.4 is 15.4 Å². The van der Waals surface area contributed by atoms with Crippen LogP contribution in [0.4, 0.5) is 0 Å². The van der Waals surface area contributed by atoms with Crippen LogP contribution in [0.3, 0.4) is 0 Å². The summed E-state index contributed by atoms with van der Waals surface area (Å²) in [5, 5.41) is 8.02. The number of fused-ring (bicyclic) bond motifs is 1. The minimum atomic E-state index is -1.20. The maximum atomic E-state index is 14.1. The first-order valence-electron chi connectivity index (χ1n) is 12.9. The zero-order valence-corrected chi connectivity index (χ0v) is 23.3. The molecule has 8 nitrogen and oxygen atoms in total. The molecule has 0 unspecified atom stereocenters. The van der Waals surface area contributed by atoms with Gasteiger partial charge in [-0.2, -0.15) is 0 Å². The predicted octanol–water partition coefficient (Wildman–Crippen LogP) is 3.07. The molecule has 3 aliphatic heterocycles. The Morgan fingerprint density at radius 2 is 1.87 bits per heavy atom. The molecule has 2 N–H and O–H groups in total. The van der Waals surface area contributed by atoms with Crippen molar-refractivity contribution in [1.82, 2.24) is 15.5 Å². The van der Waals surface area contributed by atoms with Crippen molar-refractivity contribution in [2.75, 3.05) is 13.7 Å². The third-order valence-corrected chi connectivity index (χ3v) is 8.52. The molecule has 3 amide bonds. The van der Waals surface area contributed by atoms with Gasteiger partial charge < -0.3 is 25.0 Å². The Balaban J connectivity index is 1.45. The lowest BCUT2D eigenvalue weighted by Crippen LogP contribution is -2.58. The van der Waals surface area contributed by atoms with E-state index in [2.05, 4.69) is 10.6 Å². The number of methoxy groups -OCH3 is 1. The molecule has 0 aliphatic carbocycles. The maximum absolute atomic E-state index is 14.1. The summed E-state index contributed by atoms with van der Waals surface area (Å²) in [6.45, 7) is 8.26. The van der Waals surface area contributed by atoms with Crippen LogP contribution in [0, 0.1) is 11.8 Å². The van der Waals surface area contributed by atoms with Gasteiger partial charge in [0, 0.05) is 17.0 Å². The summed E-state index contributed by atoms with van der Waals surface area (Å²) in [6.07, 6.45) is 4.25. The van der Waals surface area contributed by atoms with Crippen molar-refractivity contribution in [2.24, 2.45) is 11.8 Å². The molecule has 202 valence electrons. The monoisotopic (exact) mass is 537 g/mol. The molecule has 5 atom stereocenters. The van der Waals surface area contributed by atoms with Crippen molar-refractivity contribution in [3.05, 3.63) is 64.4 Å². The molecule has 2 saturated heterocycles. The van der Waals surface area contributed by atoms with E-state index < -0.39 is 34.6 Å². The normalized spacial score (nSPS) is 29.4. The summed E-state index contributed by atoms with van der Waals surface area (Å²) < 4.78 is 11.8. The number of thiophene rings is 1. The van der Waals surface area contributed by atoms with Crippen LogP contribution in [-0.4, -0.2) is 59.1 Å². The van der Waals surface area contributed by atoms with E-state index in [0.717, 1.165) is 16.2 Å². The van der Waals surface area contributed by atoms with Gasteiger partial charge in [-0.05, 0) is 63.3 Å². The number of carbonyl (C=O) groups is 3. The highest BCUT2D eigenvalue weighted by molar-refractivity contribution is 7.09. The third kappa shape index (κ3) is 4.52. The molecular weight excluding hydrogens is 502 g/mol. The largest absolute Gasteiger partial charge is 0.497 e. The van der Waals surface area contributed by atoms with E-state index >= 15 is 0 Å². The second kappa shape index (κ2) is 9.54. The minimum absolute atomic E-state index is 0.225. The Kier molecular flexibility index (Phi) is 6.64. The molecule has 4 heterocycles. The number of nitrogens with one attached hydrogen (secondary N) is 2. The van der Waals surface area contributed by atoms with Crippen molar-refractivity contribution >= 4 is 29.1 Å². The van der Waals surface area contributed by atoms with E-state index in [9.17, 15) is 14.4 Å². The van der Waals surface area contributed by atoms with E-state index in [1.165, 1.54) is 0 Å². The molecule has 0 saturated carbocycles. The van der Waals surface area contributed by atoms with Gasteiger partial charge >= 0.3 is 0 Å². The second-order valence-corrected chi connectivity index (χ2v) is 12.5. The van der Waals surface area contributed by atoms with Gasteiger partial charge in [-0.3, -0.25) is 14.4 Å². The Labute approximate surface area is 227 Å². The summed E-state index contributed by atoms with van der Waals surface area (Å²) >= 11 is 1.56. The number of nitrogens with zero attached hydrogens (tertiary/aromatic N) is 1. The number of likely N-dealkylation sites (tertiary alicyclic amines) is 1. The fourth-order valence-corrected chi connectivity index (χ4v) is 6.69. The molecule has 1 spiro atoms. The first kappa shape index (κ1) is 26.4. The first-order valence-corrected chi connectivity index (χ1v) is 13.8. The lowest BCUT2D eigenvalue weighted by atomic mass is 9.70. The Morgan fingerprint density at radius 3 is 2.50 bits per heavy atom. The summed E-state index contributed by atoms with van der Waals surface area (Å²) in [7, 11) is 1.62. The van der Waals surface area contributed by atoms with E-state index in [1.54, 1.807) is 23.3 Å². The summed E-state index contributed by atoms with van der Waals surface area (Å²) in [4.78, 5) is 44.1. The average molecular weight is 538 g/mol. The van der Waals surface area contributed by atoms with Crippen molar-refractivity contribution in [3.63, 3.8) is 0 Å². The standard InChI is InChI=1S/C29H35N3O5S/c1-27(2,3)31-25(34)23-29-14-13-28(4,37-29)21(24(33)30-17-20-7-6-16-38-20)22(29)26(35)32(23)15-12-18-8-10-19(36-5)11-9-18/h6-11,13-14,16,21-23H,12,15,17H2,1-5H3,(H,30,33)(H,31,34)/t21-,22-,23-,28+,29-/m0/s1. The van der Waals surface area contributed by atoms with E-state index in [-0.39, 0.29) is 17.7 Å². The van der Waals surface area contributed by atoms with Gasteiger partial charge in [-0.1, -0.05) is 30.4 Å². The van der Waals surface area contributed by atoms with Crippen LogP contribution in [0.15, 0.2) is 53.9 Å². The van der Waals surface area contributed by atoms with Crippen LogP contribution in [0.25, 0.3) is 0 Å². The number of benzene rings is 1. The highest BCUT2D eigenvalue weighted by atomic mass is 32.1. The number of hydrogen-bond acceptors (Lipinski definition) is 6.